The average molecular weight is 347 g/mol. The van der Waals surface area contributed by atoms with Crippen LogP contribution in [0.5, 0.6) is 0 Å². The van der Waals surface area contributed by atoms with E-state index in [9.17, 15) is 24.3 Å². The molecule has 1 aromatic heterocycles. The minimum Gasteiger partial charge on any atom is -0.481 e. The normalized spacial score (nSPS) is 22.1. The van der Waals surface area contributed by atoms with Crippen molar-refractivity contribution in [3.8, 4) is 0 Å². The van der Waals surface area contributed by atoms with Gasteiger partial charge in [-0.05, 0) is 38.3 Å². The van der Waals surface area contributed by atoms with Crippen LogP contribution in [0, 0.1) is 19.8 Å². The summed E-state index contributed by atoms with van der Waals surface area (Å²) in [6.45, 7) is 4.08. The van der Waals surface area contributed by atoms with Crippen molar-refractivity contribution in [3.63, 3.8) is 0 Å². The summed E-state index contributed by atoms with van der Waals surface area (Å²) in [5, 5.41) is 12.2. The van der Waals surface area contributed by atoms with E-state index in [1.165, 1.54) is 0 Å². The molecule has 2 aliphatic heterocycles. The maximum atomic E-state index is 12.7. The number of amides is 2. The van der Waals surface area contributed by atoms with Crippen LogP contribution in [0.15, 0.2) is 10.9 Å². The molecule has 3 heterocycles. The Morgan fingerprint density at radius 3 is 2.44 bits per heavy atom. The van der Waals surface area contributed by atoms with Gasteiger partial charge in [0.1, 0.15) is 5.56 Å². The van der Waals surface area contributed by atoms with Crippen LogP contribution in [0.1, 0.15) is 40.9 Å². The molecule has 0 aromatic carbocycles. The molecule has 2 saturated heterocycles. The number of likely N-dealkylation sites (tertiary alicyclic amines) is 1. The van der Waals surface area contributed by atoms with Gasteiger partial charge in [-0.25, -0.2) is 0 Å². The molecular formula is C17H21N3O5. The van der Waals surface area contributed by atoms with Gasteiger partial charge in [0.25, 0.3) is 11.5 Å². The van der Waals surface area contributed by atoms with Crippen molar-refractivity contribution in [1.82, 2.24) is 15.2 Å². The van der Waals surface area contributed by atoms with Gasteiger partial charge in [0, 0.05) is 25.2 Å². The first-order chi connectivity index (χ1) is 11.7. The Morgan fingerprint density at radius 2 is 1.88 bits per heavy atom. The third-order valence-electron chi connectivity index (χ3n) is 5.26. The number of aromatic amines is 1. The Morgan fingerprint density at radius 1 is 1.24 bits per heavy atom. The van der Waals surface area contributed by atoms with E-state index in [1.54, 1.807) is 24.8 Å². The molecule has 3 rings (SSSR count). The highest BCUT2D eigenvalue weighted by atomic mass is 16.4. The minimum absolute atomic E-state index is 0.0278. The van der Waals surface area contributed by atoms with E-state index in [-0.39, 0.29) is 23.8 Å². The molecule has 0 bridgehead atoms. The number of pyridine rings is 1. The summed E-state index contributed by atoms with van der Waals surface area (Å²) in [7, 11) is 0. The third kappa shape index (κ3) is 2.92. The summed E-state index contributed by atoms with van der Waals surface area (Å²) in [5.74, 6) is -2.39. The molecule has 1 aromatic rings. The lowest BCUT2D eigenvalue weighted by Gasteiger charge is -2.41. The topological polar surface area (TPSA) is 120 Å². The number of aliphatic carboxylic acids is 1. The number of carbonyl (C=O) groups excluding carboxylic acids is 2. The van der Waals surface area contributed by atoms with Crippen LogP contribution in [0.25, 0.3) is 0 Å². The van der Waals surface area contributed by atoms with Gasteiger partial charge in [-0.1, -0.05) is 0 Å². The largest absolute Gasteiger partial charge is 0.481 e. The first kappa shape index (κ1) is 17.2. The molecule has 2 amide bonds. The molecule has 0 aliphatic carbocycles. The predicted molar refractivity (Wildman–Crippen MR) is 88.3 cm³/mol. The smallest absolute Gasteiger partial charge is 0.309 e. The zero-order chi connectivity index (χ0) is 18.4. The SMILES string of the molecule is Cc1cc(C)c(C(=O)N2CCC3(CC2)NC(=O)C[C@H]3C(=O)O)c(=O)[nH]1. The number of carbonyl (C=O) groups is 3. The Balaban J connectivity index is 1.79. The van der Waals surface area contributed by atoms with Gasteiger partial charge in [-0.2, -0.15) is 0 Å². The van der Waals surface area contributed by atoms with E-state index < -0.39 is 23.0 Å². The lowest BCUT2D eigenvalue weighted by molar-refractivity contribution is -0.144. The zero-order valence-corrected chi connectivity index (χ0v) is 14.2. The molecule has 8 nitrogen and oxygen atoms in total. The van der Waals surface area contributed by atoms with Crippen LogP contribution in [-0.2, 0) is 9.59 Å². The van der Waals surface area contributed by atoms with Crippen molar-refractivity contribution in [2.45, 2.75) is 38.6 Å². The van der Waals surface area contributed by atoms with Crippen molar-refractivity contribution < 1.29 is 19.5 Å². The highest BCUT2D eigenvalue weighted by Gasteiger charge is 2.52. The van der Waals surface area contributed by atoms with Gasteiger partial charge in [0.15, 0.2) is 0 Å². The second kappa shape index (κ2) is 6.02. The molecule has 0 saturated carbocycles. The average Bonchev–Trinajstić information content (AvgIpc) is 2.83. The monoisotopic (exact) mass is 347 g/mol. The fraction of sp³-hybridized carbons (Fsp3) is 0.529. The fourth-order valence-electron chi connectivity index (χ4n) is 3.98. The van der Waals surface area contributed by atoms with E-state index in [1.807, 2.05) is 0 Å². The number of carboxylic acids is 1. The molecule has 134 valence electrons. The summed E-state index contributed by atoms with van der Waals surface area (Å²) in [6, 6.07) is 1.75. The number of rotatable bonds is 2. The van der Waals surface area contributed by atoms with Gasteiger partial charge in [0.05, 0.1) is 11.5 Å². The van der Waals surface area contributed by atoms with E-state index in [2.05, 4.69) is 10.3 Å². The van der Waals surface area contributed by atoms with Gasteiger partial charge < -0.3 is 20.3 Å². The predicted octanol–water partition coefficient (Wildman–Crippen LogP) is 0.187. The Hall–Kier alpha value is -2.64. The number of nitrogens with zero attached hydrogens (tertiary/aromatic N) is 1. The number of aromatic nitrogens is 1. The number of piperidine rings is 1. The van der Waals surface area contributed by atoms with Crippen molar-refractivity contribution in [3.05, 3.63) is 33.2 Å². The quantitative estimate of drug-likeness (QED) is 0.705. The highest BCUT2D eigenvalue weighted by Crippen LogP contribution is 2.37. The van der Waals surface area contributed by atoms with Crippen molar-refractivity contribution >= 4 is 17.8 Å². The number of aryl methyl sites for hydroxylation is 2. The molecule has 25 heavy (non-hydrogen) atoms. The summed E-state index contributed by atoms with van der Waals surface area (Å²) in [5.41, 5.74) is 0.208. The minimum atomic E-state index is -0.996. The third-order valence-corrected chi connectivity index (χ3v) is 5.26. The maximum Gasteiger partial charge on any atom is 0.309 e. The van der Waals surface area contributed by atoms with Crippen LogP contribution in [0.2, 0.25) is 0 Å². The molecule has 1 atom stereocenters. The lowest BCUT2D eigenvalue weighted by atomic mass is 9.77. The Kier molecular flexibility index (Phi) is 4.14. The molecular weight excluding hydrogens is 326 g/mol. The van der Waals surface area contributed by atoms with E-state index in [0.29, 0.717) is 37.2 Å². The standard InChI is InChI=1S/C17H21N3O5/c1-9-7-10(2)18-14(22)13(9)15(23)20-5-3-17(4-6-20)11(16(24)25)8-12(21)19-17/h7,11H,3-6,8H2,1-2H3,(H,18,22)(H,19,21)(H,24,25)/t11-/m0/s1. The highest BCUT2D eigenvalue weighted by molar-refractivity contribution is 5.95. The Labute approximate surface area is 144 Å². The summed E-state index contributed by atoms with van der Waals surface area (Å²) < 4.78 is 0. The van der Waals surface area contributed by atoms with Crippen LogP contribution in [-0.4, -0.2) is 51.4 Å². The van der Waals surface area contributed by atoms with Gasteiger partial charge >= 0.3 is 5.97 Å². The molecule has 1 spiro atoms. The second-order valence-electron chi connectivity index (χ2n) is 6.93. The molecule has 2 fully saturated rings. The van der Waals surface area contributed by atoms with Crippen LogP contribution in [0.4, 0.5) is 0 Å². The number of nitrogens with one attached hydrogen (secondary N) is 2. The number of H-pyrrole nitrogens is 1. The number of hydrogen-bond acceptors (Lipinski definition) is 4. The molecule has 0 radical (unpaired) electrons. The van der Waals surface area contributed by atoms with Crippen molar-refractivity contribution in [2.24, 2.45) is 5.92 Å². The van der Waals surface area contributed by atoms with Crippen LogP contribution in [0.3, 0.4) is 0 Å². The van der Waals surface area contributed by atoms with Crippen LogP contribution < -0.4 is 10.9 Å². The Bertz CT molecular complexity index is 805. The summed E-state index contributed by atoms with van der Waals surface area (Å²) >= 11 is 0. The molecule has 3 N–H and O–H groups in total. The van der Waals surface area contributed by atoms with Gasteiger partial charge in [-0.3, -0.25) is 19.2 Å². The zero-order valence-electron chi connectivity index (χ0n) is 14.2. The molecule has 0 unspecified atom stereocenters. The van der Waals surface area contributed by atoms with Crippen LogP contribution >= 0.6 is 0 Å². The van der Waals surface area contributed by atoms with E-state index >= 15 is 0 Å². The van der Waals surface area contributed by atoms with E-state index in [0.717, 1.165) is 0 Å². The maximum absolute atomic E-state index is 12.7. The number of hydrogen-bond donors (Lipinski definition) is 3. The van der Waals surface area contributed by atoms with Gasteiger partial charge in [0.2, 0.25) is 5.91 Å². The lowest BCUT2D eigenvalue weighted by Crippen LogP contribution is -2.56. The first-order valence-electron chi connectivity index (χ1n) is 8.27. The summed E-state index contributed by atoms with van der Waals surface area (Å²) in [6.07, 6.45) is 0.703. The first-order valence-corrected chi connectivity index (χ1v) is 8.27. The molecule has 8 heteroatoms. The fourth-order valence-corrected chi connectivity index (χ4v) is 3.98. The van der Waals surface area contributed by atoms with E-state index in [4.69, 9.17) is 0 Å². The van der Waals surface area contributed by atoms with Gasteiger partial charge in [-0.15, -0.1) is 0 Å². The van der Waals surface area contributed by atoms with Crippen molar-refractivity contribution in [2.75, 3.05) is 13.1 Å². The second-order valence-corrected chi connectivity index (χ2v) is 6.93. The number of carboxylic acid groups (broad SMARTS) is 1. The summed E-state index contributed by atoms with van der Waals surface area (Å²) in [4.78, 5) is 52.2. The van der Waals surface area contributed by atoms with Crippen molar-refractivity contribution in [1.29, 1.82) is 0 Å². The molecule has 2 aliphatic rings.